The highest BCUT2D eigenvalue weighted by Gasteiger charge is 1.86. The van der Waals surface area contributed by atoms with Gasteiger partial charge in [0, 0.05) is 5.54 Å². The average molecular weight is 135 g/mol. The normalized spacial score (nSPS) is 11.5. The van der Waals surface area contributed by atoms with Gasteiger partial charge in [0.15, 0.2) is 0 Å². The molecule has 0 atom stereocenters. The van der Waals surface area contributed by atoms with E-state index in [-0.39, 0.29) is 0 Å². The second-order valence-electron chi connectivity index (χ2n) is 1.74. The number of rotatable bonds is 3. The van der Waals surface area contributed by atoms with Crippen molar-refractivity contribution >= 4 is 11.6 Å². The second kappa shape index (κ2) is 5.13. The van der Waals surface area contributed by atoms with Gasteiger partial charge in [-0.05, 0) is 19.9 Å². The highest BCUT2D eigenvalue weighted by Crippen LogP contribution is 1.87. The van der Waals surface area contributed by atoms with Crippen molar-refractivity contribution < 1.29 is 4.74 Å². The van der Waals surface area contributed by atoms with Crippen LogP contribution in [-0.4, -0.2) is 12.7 Å². The molecule has 0 N–H and O–H groups in total. The quantitative estimate of drug-likeness (QED) is 0.575. The Bertz CT molecular complexity index is 68.9. The fourth-order valence-electron chi connectivity index (χ4n) is 0.284. The summed E-state index contributed by atoms with van der Waals surface area (Å²) in [5.74, 6) is 0. The molecule has 0 aliphatic heterocycles. The summed E-state index contributed by atoms with van der Waals surface area (Å²) < 4.78 is 5.11. The Kier molecular flexibility index (Phi) is 5.13. The number of hydrogen-bond donors (Lipinski definition) is 0. The van der Waals surface area contributed by atoms with E-state index < -0.39 is 0 Å². The molecule has 0 aromatic rings. The van der Waals surface area contributed by atoms with Crippen LogP contribution in [0.3, 0.4) is 0 Å². The van der Waals surface area contributed by atoms with Gasteiger partial charge in [-0.2, -0.15) is 0 Å². The highest BCUT2D eigenvalue weighted by molar-refractivity contribution is 6.25. The van der Waals surface area contributed by atoms with Crippen LogP contribution in [-0.2, 0) is 4.74 Å². The van der Waals surface area contributed by atoms with E-state index in [9.17, 15) is 0 Å². The van der Waals surface area contributed by atoms with E-state index in [1.807, 2.05) is 13.8 Å². The Labute approximate surface area is 55.3 Å². The van der Waals surface area contributed by atoms with Gasteiger partial charge >= 0.3 is 0 Å². The average Bonchev–Trinajstić information content (AvgIpc) is 1.66. The van der Waals surface area contributed by atoms with Crippen molar-refractivity contribution in [1.82, 2.24) is 0 Å². The van der Waals surface area contributed by atoms with Crippen LogP contribution in [0.2, 0.25) is 0 Å². The molecule has 0 amide bonds. The van der Waals surface area contributed by atoms with Crippen molar-refractivity contribution in [1.29, 1.82) is 0 Å². The molecule has 0 heterocycles. The van der Waals surface area contributed by atoms with Crippen LogP contribution in [0.15, 0.2) is 11.6 Å². The zero-order valence-corrected chi connectivity index (χ0v) is 5.98. The van der Waals surface area contributed by atoms with Crippen molar-refractivity contribution in [2.75, 3.05) is 6.61 Å². The van der Waals surface area contributed by atoms with Crippen LogP contribution in [0.25, 0.3) is 0 Å². The lowest BCUT2D eigenvalue weighted by atomic mass is 10.5. The third-order valence-corrected chi connectivity index (χ3v) is 0.793. The molecular weight excluding hydrogens is 124 g/mol. The molecule has 0 bridgehead atoms. The lowest BCUT2D eigenvalue weighted by Gasteiger charge is -2.01. The van der Waals surface area contributed by atoms with Crippen LogP contribution < -0.4 is 0 Å². The zero-order valence-electron chi connectivity index (χ0n) is 5.23. The van der Waals surface area contributed by atoms with Crippen molar-refractivity contribution in [3.8, 4) is 0 Å². The van der Waals surface area contributed by atoms with E-state index in [0.29, 0.717) is 12.7 Å². The third kappa shape index (κ3) is 5.99. The van der Waals surface area contributed by atoms with Crippen LogP contribution >= 0.6 is 11.6 Å². The maximum Gasteiger partial charge on any atom is 0.0662 e. The Hall–Kier alpha value is -0.0100. The van der Waals surface area contributed by atoms with E-state index in [1.54, 1.807) is 6.08 Å². The fraction of sp³-hybridized carbons (Fsp3) is 0.667. The molecule has 0 saturated carbocycles. The van der Waals surface area contributed by atoms with Gasteiger partial charge in [-0.1, -0.05) is 11.6 Å². The molecule has 0 saturated heterocycles. The largest absolute Gasteiger partial charge is 0.375 e. The summed E-state index contributed by atoms with van der Waals surface area (Å²) in [5, 5.41) is 0. The lowest BCUT2D eigenvalue weighted by molar-refractivity contribution is 0.103. The van der Waals surface area contributed by atoms with Gasteiger partial charge in [-0.15, -0.1) is 0 Å². The standard InChI is InChI=1S/C6H11ClO/c1-6(2)8-5-3-4-7/h3-4,6H,5H2,1-2H3/b4-3+. The van der Waals surface area contributed by atoms with Gasteiger partial charge < -0.3 is 4.74 Å². The molecule has 0 unspecified atom stereocenters. The molecule has 0 aromatic carbocycles. The molecule has 0 aliphatic rings. The maximum absolute atomic E-state index is 5.22. The topological polar surface area (TPSA) is 9.23 Å². The minimum Gasteiger partial charge on any atom is -0.375 e. The molecule has 0 fully saturated rings. The van der Waals surface area contributed by atoms with Crippen molar-refractivity contribution in [2.45, 2.75) is 20.0 Å². The van der Waals surface area contributed by atoms with Crippen LogP contribution in [0.5, 0.6) is 0 Å². The predicted octanol–water partition coefficient (Wildman–Crippen LogP) is 2.16. The zero-order chi connectivity index (χ0) is 6.41. The molecule has 2 heteroatoms. The Balaban J connectivity index is 2.93. The van der Waals surface area contributed by atoms with E-state index in [1.165, 1.54) is 5.54 Å². The summed E-state index contributed by atoms with van der Waals surface area (Å²) in [6.45, 7) is 4.59. The first-order valence-electron chi connectivity index (χ1n) is 2.64. The minimum atomic E-state index is 0.294. The van der Waals surface area contributed by atoms with Crippen LogP contribution in [0.1, 0.15) is 13.8 Å². The molecule has 0 rings (SSSR count). The summed E-state index contributed by atoms with van der Waals surface area (Å²) in [5.41, 5.74) is 1.46. The van der Waals surface area contributed by atoms with Crippen molar-refractivity contribution in [3.63, 3.8) is 0 Å². The van der Waals surface area contributed by atoms with Gasteiger partial charge in [0.25, 0.3) is 0 Å². The van der Waals surface area contributed by atoms with E-state index in [2.05, 4.69) is 0 Å². The number of ether oxygens (including phenoxy) is 1. The Morgan fingerprint density at radius 2 is 2.25 bits per heavy atom. The predicted molar refractivity (Wildman–Crippen MR) is 36.1 cm³/mol. The maximum atomic E-state index is 5.22. The van der Waals surface area contributed by atoms with Gasteiger partial charge in [0.05, 0.1) is 12.7 Å². The molecule has 0 radical (unpaired) electrons. The van der Waals surface area contributed by atoms with Gasteiger partial charge in [0.1, 0.15) is 0 Å². The lowest BCUT2D eigenvalue weighted by Crippen LogP contribution is -2.00. The van der Waals surface area contributed by atoms with Gasteiger partial charge in [-0.3, -0.25) is 0 Å². The SMILES string of the molecule is CC(C)OC/C=C/Cl. The van der Waals surface area contributed by atoms with E-state index in [4.69, 9.17) is 16.3 Å². The van der Waals surface area contributed by atoms with Crippen LogP contribution in [0.4, 0.5) is 0 Å². The first-order chi connectivity index (χ1) is 3.77. The van der Waals surface area contributed by atoms with Gasteiger partial charge in [0.2, 0.25) is 0 Å². The smallest absolute Gasteiger partial charge is 0.0662 e. The summed E-state index contributed by atoms with van der Waals surface area (Å²) in [6.07, 6.45) is 2.06. The molecule has 8 heavy (non-hydrogen) atoms. The molecule has 1 nitrogen and oxygen atoms in total. The first-order valence-corrected chi connectivity index (χ1v) is 3.08. The molecule has 0 aromatic heterocycles. The minimum absolute atomic E-state index is 0.294. The van der Waals surface area contributed by atoms with E-state index >= 15 is 0 Å². The first kappa shape index (κ1) is 7.99. The van der Waals surface area contributed by atoms with Gasteiger partial charge in [-0.25, -0.2) is 0 Å². The summed E-state index contributed by atoms with van der Waals surface area (Å²) in [7, 11) is 0. The Morgan fingerprint density at radius 1 is 1.62 bits per heavy atom. The monoisotopic (exact) mass is 134 g/mol. The fourth-order valence-corrected chi connectivity index (χ4v) is 0.357. The molecule has 0 aliphatic carbocycles. The summed E-state index contributed by atoms with van der Waals surface area (Å²) >= 11 is 5.22. The summed E-state index contributed by atoms with van der Waals surface area (Å²) in [4.78, 5) is 0. The van der Waals surface area contributed by atoms with Crippen LogP contribution in [0, 0.1) is 0 Å². The van der Waals surface area contributed by atoms with Crippen molar-refractivity contribution in [3.05, 3.63) is 11.6 Å². The third-order valence-electron chi connectivity index (χ3n) is 0.615. The number of halogens is 1. The molecule has 48 valence electrons. The molecule has 0 spiro atoms. The molecular formula is C6H11ClO. The second-order valence-corrected chi connectivity index (χ2v) is 2.00. The van der Waals surface area contributed by atoms with E-state index in [0.717, 1.165) is 0 Å². The summed E-state index contributed by atoms with van der Waals surface area (Å²) in [6, 6.07) is 0. The number of hydrogen-bond acceptors (Lipinski definition) is 1. The Morgan fingerprint density at radius 3 is 2.62 bits per heavy atom. The van der Waals surface area contributed by atoms with Crippen molar-refractivity contribution in [2.24, 2.45) is 0 Å². The highest BCUT2D eigenvalue weighted by atomic mass is 35.5.